The van der Waals surface area contributed by atoms with Gasteiger partial charge in [0.25, 0.3) is 5.91 Å². The number of anilines is 2. The molecule has 21 heavy (non-hydrogen) atoms. The van der Waals surface area contributed by atoms with E-state index in [0.29, 0.717) is 22.7 Å². The van der Waals surface area contributed by atoms with E-state index in [1.54, 1.807) is 14.2 Å². The molecule has 1 aliphatic rings. The van der Waals surface area contributed by atoms with E-state index >= 15 is 0 Å². The maximum absolute atomic E-state index is 11.9. The van der Waals surface area contributed by atoms with E-state index in [1.807, 2.05) is 6.92 Å². The van der Waals surface area contributed by atoms with Gasteiger partial charge >= 0.3 is 0 Å². The predicted octanol–water partition coefficient (Wildman–Crippen LogP) is 1.44. The highest BCUT2D eigenvalue weighted by Crippen LogP contribution is 2.45. The van der Waals surface area contributed by atoms with Crippen molar-refractivity contribution in [3.8, 4) is 5.75 Å². The van der Waals surface area contributed by atoms with Crippen LogP contribution in [0.2, 0.25) is 0 Å². The molecule has 0 aliphatic carbocycles. The smallest absolute Gasteiger partial charge is 0.263 e. The minimum absolute atomic E-state index is 0.205. The second kappa shape index (κ2) is 6.11. The molecule has 2 heterocycles. The molecule has 0 bridgehead atoms. The Kier molecular flexibility index (Phi) is 4.63. The van der Waals surface area contributed by atoms with Crippen LogP contribution in [0.3, 0.4) is 0 Å². The zero-order chi connectivity index (χ0) is 15.6. The van der Waals surface area contributed by atoms with Crippen LogP contribution in [-0.4, -0.2) is 43.9 Å². The van der Waals surface area contributed by atoms with Crippen molar-refractivity contribution in [3.63, 3.8) is 0 Å². The van der Waals surface area contributed by atoms with Gasteiger partial charge in [0.1, 0.15) is 15.6 Å². The summed E-state index contributed by atoms with van der Waals surface area (Å²) in [5.74, 6) is 0.351. The van der Waals surface area contributed by atoms with E-state index < -0.39 is 5.60 Å². The molecule has 0 aromatic carbocycles. The summed E-state index contributed by atoms with van der Waals surface area (Å²) in [6.45, 7) is 3.41. The van der Waals surface area contributed by atoms with E-state index in [-0.39, 0.29) is 5.91 Å². The standard InChI is InChI=1S/C14H23N3O3S/c1-14(19)5-4-7-17(8-6-14)13-10(20-3)9(15)11(21-13)12(18)16-2/h19H,4-8,15H2,1-3H3,(H,16,18). The molecule has 1 aromatic heterocycles. The van der Waals surface area contributed by atoms with E-state index in [0.717, 1.165) is 30.9 Å². The van der Waals surface area contributed by atoms with Crippen molar-refractivity contribution in [3.05, 3.63) is 4.88 Å². The summed E-state index contributed by atoms with van der Waals surface area (Å²) in [7, 11) is 3.14. The van der Waals surface area contributed by atoms with Gasteiger partial charge in [-0.3, -0.25) is 4.79 Å². The first kappa shape index (κ1) is 15.9. The van der Waals surface area contributed by atoms with Crippen molar-refractivity contribution < 1.29 is 14.6 Å². The highest BCUT2D eigenvalue weighted by Gasteiger charge is 2.29. The topological polar surface area (TPSA) is 87.8 Å². The molecule has 4 N–H and O–H groups in total. The van der Waals surface area contributed by atoms with Gasteiger partial charge in [0.15, 0.2) is 5.75 Å². The van der Waals surface area contributed by atoms with Crippen molar-refractivity contribution >= 4 is 27.9 Å². The van der Waals surface area contributed by atoms with Crippen LogP contribution in [-0.2, 0) is 0 Å². The molecule has 0 saturated carbocycles. The molecule has 2 rings (SSSR count). The lowest BCUT2D eigenvalue weighted by molar-refractivity contribution is 0.0481. The number of nitrogens with one attached hydrogen (secondary N) is 1. The number of ether oxygens (including phenoxy) is 1. The Morgan fingerprint density at radius 2 is 2.19 bits per heavy atom. The lowest BCUT2D eigenvalue weighted by Crippen LogP contribution is -2.28. The summed E-state index contributed by atoms with van der Waals surface area (Å²) in [6, 6.07) is 0. The van der Waals surface area contributed by atoms with Gasteiger partial charge in [0.05, 0.1) is 12.7 Å². The molecule has 7 heteroatoms. The van der Waals surface area contributed by atoms with Gasteiger partial charge in [0.2, 0.25) is 0 Å². The van der Waals surface area contributed by atoms with Crippen LogP contribution in [0.4, 0.5) is 10.7 Å². The van der Waals surface area contributed by atoms with Gasteiger partial charge in [-0.25, -0.2) is 0 Å². The fourth-order valence-corrected chi connectivity index (χ4v) is 3.76. The first-order valence-electron chi connectivity index (χ1n) is 7.05. The SMILES string of the molecule is CNC(=O)c1sc(N2CCCC(C)(O)CC2)c(OC)c1N. The summed E-state index contributed by atoms with van der Waals surface area (Å²) < 4.78 is 5.40. The Balaban J connectivity index is 2.32. The minimum Gasteiger partial charge on any atom is -0.492 e. The molecule has 1 aliphatic heterocycles. The minimum atomic E-state index is -0.631. The Bertz CT molecular complexity index is 528. The number of carbonyl (C=O) groups is 1. The number of amides is 1. The molecule has 1 fully saturated rings. The first-order valence-corrected chi connectivity index (χ1v) is 7.87. The zero-order valence-corrected chi connectivity index (χ0v) is 13.5. The molecule has 6 nitrogen and oxygen atoms in total. The third kappa shape index (κ3) is 3.24. The Morgan fingerprint density at radius 1 is 1.48 bits per heavy atom. The number of nitrogens with zero attached hydrogens (tertiary/aromatic N) is 1. The van der Waals surface area contributed by atoms with Crippen LogP contribution >= 0.6 is 11.3 Å². The average Bonchev–Trinajstić information content (AvgIpc) is 2.66. The van der Waals surface area contributed by atoms with Crippen molar-refractivity contribution in [2.75, 3.05) is 37.9 Å². The molecule has 0 spiro atoms. The third-order valence-corrected chi connectivity index (χ3v) is 5.12. The van der Waals surface area contributed by atoms with Crippen LogP contribution < -0.4 is 20.7 Å². The van der Waals surface area contributed by atoms with Crippen molar-refractivity contribution in [2.24, 2.45) is 0 Å². The molecular formula is C14H23N3O3S. The lowest BCUT2D eigenvalue weighted by Gasteiger charge is -2.23. The Hall–Kier alpha value is -1.47. The lowest BCUT2D eigenvalue weighted by atomic mass is 9.98. The van der Waals surface area contributed by atoms with Crippen LogP contribution in [0.1, 0.15) is 35.9 Å². The first-order chi connectivity index (χ1) is 9.89. The number of hydrogen-bond donors (Lipinski definition) is 3. The van der Waals surface area contributed by atoms with Gasteiger partial charge in [-0.15, -0.1) is 11.3 Å². The maximum Gasteiger partial charge on any atom is 0.263 e. The quantitative estimate of drug-likeness (QED) is 0.786. The highest BCUT2D eigenvalue weighted by atomic mass is 32.1. The normalized spacial score (nSPS) is 22.8. The molecule has 1 aromatic rings. The van der Waals surface area contributed by atoms with E-state index in [1.165, 1.54) is 11.3 Å². The van der Waals surface area contributed by atoms with E-state index in [4.69, 9.17) is 10.5 Å². The highest BCUT2D eigenvalue weighted by molar-refractivity contribution is 7.19. The van der Waals surface area contributed by atoms with Crippen LogP contribution in [0.25, 0.3) is 0 Å². The number of methoxy groups -OCH3 is 1. The average molecular weight is 313 g/mol. The van der Waals surface area contributed by atoms with Crippen molar-refractivity contribution in [2.45, 2.75) is 31.8 Å². The number of nitrogen functional groups attached to an aromatic ring is 1. The number of carbonyl (C=O) groups excluding carboxylic acids is 1. The fourth-order valence-electron chi connectivity index (χ4n) is 2.57. The predicted molar refractivity (Wildman–Crippen MR) is 85.4 cm³/mol. The van der Waals surface area contributed by atoms with Gasteiger partial charge in [0, 0.05) is 20.1 Å². The molecular weight excluding hydrogens is 290 g/mol. The molecule has 1 amide bonds. The molecule has 118 valence electrons. The van der Waals surface area contributed by atoms with Crippen LogP contribution in [0, 0.1) is 0 Å². The van der Waals surface area contributed by atoms with Crippen molar-refractivity contribution in [1.29, 1.82) is 0 Å². The molecule has 1 saturated heterocycles. The maximum atomic E-state index is 11.9. The number of hydrogen-bond acceptors (Lipinski definition) is 6. The van der Waals surface area contributed by atoms with Crippen LogP contribution in [0.15, 0.2) is 0 Å². The van der Waals surface area contributed by atoms with E-state index in [9.17, 15) is 9.90 Å². The van der Waals surface area contributed by atoms with Gasteiger partial charge < -0.3 is 25.8 Å². The summed E-state index contributed by atoms with van der Waals surface area (Å²) >= 11 is 1.34. The van der Waals surface area contributed by atoms with E-state index in [2.05, 4.69) is 10.2 Å². The number of thiophene rings is 1. The van der Waals surface area contributed by atoms with Gasteiger partial charge in [-0.05, 0) is 26.2 Å². The molecule has 1 unspecified atom stereocenters. The van der Waals surface area contributed by atoms with Crippen molar-refractivity contribution in [1.82, 2.24) is 5.32 Å². The fraction of sp³-hybridized carbons (Fsp3) is 0.643. The Labute approximate surface area is 128 Å². The summed E-state index contributed by atoms with van der Waals surface area (Å²) in [5, 5.41) is 13.6. The largest absolute Gasteiger partial charge is 0.492 e. The van der Waals surface area contributed by atoms with Gasteiger partial charge in [-0.1, -0.05) is 0 Å². The zero-order valence-electron chi connectivity index (χ0n) is 12.7. The summed E-state index contributed by atoms with van der Waals surface area (Å²) in [5.41, 5.74) is 5.79. The molecule has 0 radical (unpaired) electrons. The monoisotopic (exact) mass is 313 g/mol. The molecule has 1 atom stereocenters. The number of rotatable bonds is 3. The summed E-state index contributed by atoms with van der Waals surface area (Å²) in [6.07, 6.45) is 2.35. The van der Waals surface area contributed by atoms with Crippen LogP contribution in [0.5, 0.6) is 5.75 Å². The summed E-state index contributed by atoms with van der Waals surface area (Å²) in [4.78, 5) is 14.5. The third-order valence-electron chi connectivity index (χ3n) is 3.87. The second-order valence-corrected chi connectivity index (χ2v) is 6.60. The number of nitrogens with two attached hydrogens (primary N) is 1. The van der Waals surface area contributed by atoms with Gasteiger partial charge in [-0.2, -0.15) is 0 Å². The Morgan fingerprint density at radius 3 is 2.81 bits per heavy atom. The number of aliphatic hydroxyl groups is 1. The second-order valence-electron chi connectivity index (χ2n) is 5.60.